The van der Waals surface area contributed by atoms with Crippen molar-refractivity contribution in [2.24, 2.45) is 5.92 Å². The quantitative estimate of drug-likeness (QED) is 0.875. The predicted molar refractivity (Wildman–Crippen MR) is 77.4 cm³/mol. The molecule has 0 spiro atoms. The third-order valence-electron chi connectivity index (χ3n) is 3.68. The number of hydrogen-bond acceptors (Lipinski definition) is 4. The zero-order valence-electron chi connectivity index (χ0n) is 10.7. The summed E-state index contributed by atoms with van der Waals surface area (Å²) in [6.07, 6.45) is 8.01. The number of nitrogens with zero attached hydrogens (tertiary/aromatic N) is 3. The maximum absolute atomic E-state index is 6.12. The summed E-state index contributed by atoms with van der Waals surface area (Å²) in [5.74, 6) is 1.58. The molecule has 0 bridgehead atoms. The molecule has 2 aromatic heterocycles. The van der Waals surface area contributed by atoms with Crippen LogP contribution in [0.25, 0.3) is 11.2 Å². The molecule has 100 valence electrons. The Hall–Kier alpha value is -1.42. The van der Waals surface area contributed by atoms with E-state index in [2.05, 4.69) is 20.3 Å². The molecule has 0 aliphatic heterocycles. The number of hydrogen-bond donors (Lipinski definition) is 1. The van der Waals surface area contributed by atoms with E-state index in [1.165, 1.54) is 12.8 Å². The Morgan fingerprint density at radius 1 is 1.11 bits per heavy atom. The molecule has 19 heavy (non-hydrogen) atoms. The molecule has 0 aromatic carbocycles. The molecule has 2 aromatic rings. The highest BCUT2D eigenvalue weighted by atomic mass is 35.5. The maximum Gasteiger partial charge on any atom is 0.180 e. The Morgan fingerprint density at radius 2 is 1.89 bits per heavy atom. The smallest absolute Gasteiger partial charge is 0.180 e. The molecule has 3 rings (SSSR count). The van der Waals surface area contributed by atoms with Gasteiger partial charge in [0.15, 0.2) is 5.65 Å². The zero-order chi connectivity index (χ0) is 13.1. The van der Waals surface area contributed by atoms with Gasteiger partial charge in [-0.2, -0.15) is 0 Å². The van der Waals surface area contributed by atoms with E-state index < -0.39 is 0 Å². The number of alkyl halides is 1. The Kier molecular flexibility index (Phi) is 3.78. The molecule has 0 atom stereocenters. The molecule has 0 radical (unpaired) electrons. The van der Waals surface area contributed by atoms with Crippen LogP contribution in [0.3, 0.4) is 0 Å². The molecule has 1 aliphatic rings. The summed E-state index contributed by atoms with van der Waals surface area (Å²) in [4.78, 5) is 12.9. The van der Waals surface area contributed by atoms with Crippen molar-refractivity contribution in [2.75, 3.05) is 11.9 Å². The third kappa shape index (κ3) is 3.13. The first kappa shape index (κ1) is 12.6. The van der Waals surface area contributed by atoms with Gasteiger partial charge in [0.05, 0.1) is 0 Å². The molecule has 0 unspecified atom stereocenters. The Labute approximate surface area is 117 Å². The molecular formula is C14H17ClN4. The minimum atomic E-state index is 0.380. The van der Waals surface area contributed by atoms with Gasteiger partial charge in [-0.25, -0.2) is 9.97 Å². The zero-order valence-corrected chi connectivity index (χ0v) is 11.5. The number of pyridine rings is 1. The largest absolute Gasteiger partial charge is 0.370 e. The molecule has 1 fully saturated rings. The van der Waals surface area contributed by atoms with Gasteiger partial charge in [-0.1, -0.05) is 0 Å². The molecule has 0 saturated heterocycles. The maximum atomic E-state index is 6.12. The first-order chi connectivity index (χ1) is 9.31. The highest BCUT2D eigenvalue weighted by Gasteiger charge is 2.19. The first-order valence-electron chi connectivity index (χ1n) is 6.77. The number of rotatable bonds is 3. The SMILES string of the molecule is ClC1CCC(CNc2ccc3nccnc3n2)CC1. The molecule has 0 amide bonds. The van der Waals surface area contributed by atoms with E-state index in [9.17, 15) is 0 Å². The third-order valence-corrected chi connectivity index (χ3v) is 4.12. The lowest BCUT2D eigenvalue weighted by Gasteiger charge is -2.25. The van der Waals surface area contributed by atoms with E-state index in [-0.39, 0.29) is 0 Å². The molecule has 1 aliphatic carbocycles. The van der Waals surface area contributed by atoms with E-state index in [0.29, 0.717) is 16.9 Å². The Balaban J connectivity index is 1.62. The van der Waals surface area contributed by atoms with Crippen LogP contribution < -0.4 is 5.32 Å². The van der Waals surface area contributed by atoms with E-state index in [1.807, 2.05) is 12.1 Å². The van der Waals surface area contributed by atoms with Gasteiger partial charge in [0.25, 0.3) is 0 Å². The van der Waals surface area contributed by atoms with Crippen LogP contribution in [0.15, 0.2) is 24.5 Å². The Bertz CT molecular complexity index is 552. The summed E-state index contributed by atoms with van der Waals surface area (Å²) in [5.41, 5.74) is 1.52. The topological polar surface area (TPSA) is 50.7 Å². The van der Waals surface area contributed by atoms with Gasteiger partial charge in [0.2, 0.25) is 0 Å². The summed E-state index contributed by atoms with van der Waals surface area (Å²) in [6, 6.07) is 3.91. The fourth-order valence-corrected chi connectivity index (χ4v) is 2.78. The second kappa shape index (κ2) is 5.70. The predicted octanol–water partition coefficient (Wildman–Crippen LogP) is 3.23. The van der Waals surface area contributed by atoms with Crippen LogP contribution in [-0.4, -0.2) is 26.9 Å². The lowest BCUT2D eigenvalue weighted by atomic mass is 9.89. The van der Waals surface area contributed by atoms with Crippen LogP contribution >= 0.6 is 11.6 Å². The van der Waals surface area contributed by atoms with Crippen LogP contribution in [-0.2, 0) is 0 Å². The van der Waals surface area contributed by atoms with Gasteiger partial charge in [0.1, 0.15) is 11.3 Å². The minimum absolute atomic E-state index is 0.380. The van der Waals surface area contributed by atoms with Crippen molar-refractivity contribution in [3.63, 3.8) is 0 Å². The van der Waals surface area contributed by atoms with Gasteiger partial charge in [-0.05, 0) is 43.7 Å². The summed E-state index contributed by atoms with van der Waals surface area (Å²) in [5, 5.41) is 3.78. The van der Waals surface area contributed by atoms with Crippen molar-refractivity contribution >= 4 is 28.6 Å². The standard InChI is InChI=1S/C14H17ClN4/c15-11-3-1-10(2-4-11)9-18-13-6-5-12-14(19-13)17-8-7-16-12/h5-8,10-11H,1-4,9H2,(H,17,18,19). The fraction of sp³-hybridized carbons (Fsp3) is 0.500. The van der Waals surface area contributed by atoms with E-state index in [1.54, 1.807) is 12.4 Å². The van der Waals surface area contributed by atoms with Crippen LogP contribution in [0.2, 0.25) is 0 Å². The molecule has 2 heterocycles. The number of halogens is 1. The monoisotopic (exact) mass is 276 g/mol. The van der Waals surface area contributed by atoms with Crippen molar-refractivity contribution in [1.29, 1.82) is 0 Å². The highest BCUT2D eigenvalue weighted by molar-refractivity contribution is 6.20. The van der Waals surface area contributed by atoms with Gasteiger partial charge < -0.3 is 5.32 Å². The van der Waals surface area contributed by atoms with Crippen LogP contribution in [0.4, 0.5) is 5.82 Å². The lowest BCUT2D eigenvalue weighted by Crippen LogP contribution is -2.21. The normalized spacial score (nSPS) is 23.4. The van der Waals surface area contributed by atoms with Gasteiger partial charge in [0, 0.05) is 24.3 Å². The highest BCUT2D eigenvalue weighted by Crippen LogP contribution is 2.27. The van der Waals surface area contributed by atoms with Crippen molar-refractivity contribution < 1.29 is 0 Å². The van der Waals surface area contributed by atoms with Crippen LogP contribution in [0.1, 0.15) is 25.7 Å². The molecule has 5 heteroatoms. The average Bonchev–Trinajstić information content (AvgIpc) is 2.46. The van der Waals surface area contributed by atoms with E-state index in [0.717, 1.165) is 30.7 Å². The van der Waals surface area contributed by atoms with Crippen molar-refractivity contribution in [3.8, 4) is 0 Å². The van der Waals surface area contributed by atoms with E-state index in [4.69, 9.17) is 11.6 Å². The second-order valence-corrected chi connectivity index (χ2v) is 5.71. The fourth-order valence-electron chi connectivity index (χ4n) is 2.53. The van der Waals surface area contributed by atoms with Crippen LogP contribution in [0, 0.1) is 5.92 Å². The van der Waals surface area contributed by atoms with E-state index >= 15 is 0 Å². The second-order valence-electron chi connectivity index (χ2n) is 5.09. The van der Waals surface area contributed by atoms with Crippen molar-refractivity contribution in [3.05, 3.63) is 24.5 Å². The van der Waals surface area contributed by atoms with Gasteiger partial charge in [-0.15, -0.1) is 11.6 Å². The average molecular weight is 277 g/mol. The number of nitrogens with one attached hydrogen (secondary N) is 1. The number of aromatic nitrogens is 3. The molecule has 1 N–H and O–H groups in total. The Morgan fingerprint density at radius 3 is 2.74 bits per heavy atom. The summed E-state index contributed by atoms with van der Waals surface area (Å²) in [6.45, 7) is 0.961. The lowest BCUT2D eigenvalue weighted by molar-refractivity contribution is 0.377. The number of anilines is 1. The van der Waals surface area contributed by atoms with Crippen LogP contribution in [0.5, 0.6) is 0 Å². The van der Waals surface area contributed by atoms with Gasteiger partial charge in [-0.3, -0.25) is 4.98 Å². The minimum Gasteiger partial charge on any atom is -0.370 e. The van der Waals surface area contributed by atoms with Gasteiger partial charge >= 0.3 is 0 Å². The first-order valence-corrected chi connectivity index (χ1v) is 7.20. The van der Waals surface area contributed by atoms with Crippen molar-refractivity contribution in [1.82, 2.24) is 15.0 Å². The molecular weight excluding hydrogens is 260 g/mol. The molecule has 1 saturated carbocycles. The summed E-state index contributed by atoms with van der Waals surface area (Å²) in [7, 11) is 0. The van der Waals surface area contributed by atoms with Crippen molar-refractivity contribution in [2.45, 2.75) is 31.1 Å². The summed E-state index contributed by atoms with van der Waals surface area (Å²) >= 11 is 6.12. The molecule has 4 nitrogen and oxygen atoms in total. The number of fused-ring (bicyclic) bond motifs is 1. The summed E-state index contributed by atoms with van der Waals surface area (Å²) < 4.78 is 0.